The molecule has 0 aliphatic rings. The van der Waals surface area contributed by atoms with E-state index >= 15 is 0 Å². The van der Waals surface area contributed by atoms with Crippen LogP contribution >= 0.6 is 0 Å². The molecule has 8 rings (SSSR count). The fourth-order valence-electron chi connectivity index (χ4n) is 6.05. The molecule has 3 heteroatoms. The Kier molecular flexibility index (Phi) is 6.35. The van der Waals surface area contributed by atoms with Crippen LogP contribution in [0.1, 0.15) is 5.56 Å². The highest BCUT2D eigenvalue weighted by molar-refractivity contribution is 5.97. The van der Waals surface area contributed by atoms with Gasteiger partial charge >= 0.3 is 0 Å². The molecule has 3 nitrogen and oxygen atoms in total. The summed E-state index contributed by atoms with van der Waals surface area (Å²) in [6, 6.07) is 50.9. The Morgan fingerprint density at radius 2 is 1.25 bits per heavy atom. The molecule has 0 N–H and O–H groups in total. The molecule has 208 valence electrons. The monoisotopic (exact) mass is 564 g/mol. The molecule has 0 radical (unpaired) electrons. The molecular formula is C41H28N2O. The van der Waals surface area contributed by atoms with Crippen LogP contribution in [0.5, 0.6) is 0 Å². The number of fused-ring (bicyclic) bond motifs is 2. The minimum Gasteiger partial charge on any atom is -0.436 e. The molecule has 2 heterocycles. The molecule has 0 fully saturated rings. The van der Waals surface area contributed by atoms with E-state index in [9.17, 15) is 0 Å². The Hall–Kier alpha value is -5.80. The zero-order valence-corrected chi connectivity index (χ0v) is 24.2. The summed E-state index contributed by atoms with van der Waals surface area (Å²) in [5.74, 6) is 0.625. The summed E-state index contributed by atoms with van der Waals surface area (Å²) in [5, 5.41) is 2.51. The highest BCUT2D eigenvalue weighted by Gasteiger charge is 2.13. The van der Waals surface area contributed by atoms with Gasteiger partial charge in [-0.3, -0.25) is 4.98 Å². The summed E-state index contributed by atoms with van der Waals surface area (Å²) in [4.78, 5) is 9.33. The highest BCUT2D eigenvalue weighted by atomic mass is 16.3. The molecule has 0 unspecified atom stereocenters. The van der Waals surface area contributed by atoms with Gasteiger partial charge in [-0.1, -0.05) is 103 Å². The summed E-state index contributed by atoms with van der Waals surface area (Å²) in [5.41, 5.74) is 12.8. The van der Waals surface area contributed by atoms with Crippen LogP contribution in [0.25, 0.3) is 78.0 Å². The van der Waals surface area contributed by atoms with E-state index in [1.165, 1.54) is 27.5 Å². The van der Waals surface area contributed by atoms with Gasteiger partial charge in [-0.25, -0.2) is 4.98 Å². The third-order valence-electron chi connectivity index (χ3n) is 8.31. The molecule has 0 saturated heterocycles. The van der Waals surface area contributed by atoms with Crippen molar-refractivity contribution in [2.24, 2.45) is 0 Å². The number of hydrogen-bond donors (Lipinski definition) is 0. The minimum atomic E-state index is 0.625. The average Bonchev–Trinajstić information content (AvgIpc) is 3.52. The first kappa shape index (κ1) is 25.9. The average molecular weight is 565 g/mol. The van der Waals surface area contributed by atoms with Gasteiger partial charge in [-0.15, -0.1) is 0 Å². The van der Waals surface area contributed by atoms with Gasteiger partial charge in [-0.2, -0.15) is 0 Å². The van der Waals surface area contributed by atoms with Crippen molar-refractivity contribution in [1.82, 2.24) is 9.97 Å². The number of aryl methyl sites for hydroxylation is 1. The van der Waals surface area contributed by atoms with E-state index in [0.717, 1.165) is 50.2 Å². The van der Waals surface area contributed by atoms with Crippen molar-refractivity contribution >= 4 is 21.9 Å². The summed E-state index contributed by atoms with van der Waals surface area (Å²) in [6.07, 6.45) is 1.83. The van der Waals surface area contributed by atoms with Gasteiger partial charge in [-0.05, 0) is 99.1 Å². The highest BCUT2D eigenvalue weighted by Crippen LogP contribution is 2.34. The van der Waals surface area contributed by atoms with Crippen molar-refractivity contribution in [1.29, 1.82) is 0 Å². The number of pyridine rings is 1. The molecule has 0 saturated carbocycles. The SMILES string of the molecule is Cc1cc(-c2nc3ccc(-c4ccc(-c5cccc6ccccc56)cc4)cc3o2)ccc1-c1cccc(-c2ccccn2)c1. The van der Waals surface area contributed by atoms with Crippen LogP contribution in [0.15, 0.2) is 156 Å². The van der Waals surface area contributed by atoms with Gasteiger partial charge in [0.15, 0.2) is 5.58 Å². The number of hydrogen-bond acceptors (Lipinski definition) is 3. The minimum absolute atomic E-state index is 0.625. The van der Waals surface area contributed by atoms with Crippen molar-refractivity contribution in [3.63, 3.8) is 0 Å². The Morgan fingerprint density at radius 3 is 2.11 bits per heavy atom. The molecule has 0 aliphatic heterocycles. The fraction of sp³-hybridized carbons (Fsp3) is 0.0244. The van der Waals surface area contributed by atoms with E-state index in [1.807, 2.05) is 30.5 Å². The Balaban J connectivity index is 1.07. The van der Waals surface area contributed by atoms with Crippen LogP contribution < -0.4 is 0 Å². The lowest BCUT2D eigenvalue weighted by molar-refractivity contribution is 0.620. The molecule has 0 atom stereocenters. The Labute approximate surface area is 256 Å². The van der Waals surface area contributed by atoms with Crippen LogP contribution in [-0.4, -0.2) is 9.97 Å². The van der Waals surface area contributed by atoms with E-state index in [-0.39, 0.29) is 0 Å². The second-order valence-electron chi connectivity index (χ2n) is 11.1. The predicted molar refractivity (Wildman–Crippen MR) is 181 cm³/mol. The van der Waals surface area contributed by atoms with E-state index in [2.05, 4.69) is 133 Å². The van der Waals surface area contributed by atoms with Gasteiger partial charge in [0.2, 0.25) is 5.89 Å². The third-order valence-corrected chi connectivity index (χ3v) is 8.31. The van der Waals surface area contributed by atoms with Crippen molar-refractivity contribution in [2.75, 3.05) is 0 Å². The first-order chi connectivity index (χ1) is 21.7. The first-order valence-electron chi connectivity index (χ1n) is 14.8. The maximum atomic E-state index is 6.32. The Bertz CT molecular complexity index is 2280. The first-order valence-corrected chi connectivity index (χ1v) is 14.8. The summed E-state index contributed by atoms with van der Waals surface area (Å²) in [6.45, 7) is 2.13. The normalized spacial score (nSPS) is 11.3. The zero-order chi connectivity index (χ0) is 29.5. The summed E-state index contributed by atoms with van der Waals surface area (Å²) in [7, 11) is 0. The van der Waals surface area contributed by atoms with Gasteiger partial charge < -0.3 is 4.42 Å². The predicted octanol–water partition coefficient (Wildman–Crippen LogP) is 11.0. The molecular weight excluding hydrogens is 536 g/mol. The molecule has 6 aromatic carbocycles. The fourth-order valence-corrected chi connectivity index (χ4v) is 6.05. The largest absolute Gasteiger partial charge is 0.436 e. The maximum Gasteiger partial charge on any atom is 0.227 e. The van der Waals surface area contributed by atoms with Crippen molar-refractivity contribution in [3.05, 3.63) is 157 Å². The van der Waals surface area contributed by atoms with Gasteiger partial charge in [0.1, 0.15) is 5.52 Å². The van der Waals surface area contributed by atoms with Gasteiger partial charge in [0, 0.05) is 17.3 Å². The van der Waals surface area contributed by atoms with Crippen LogP contribution in [-0.2, 0) is 0 Å². The van der Waals surface area contributed by atoms with E-state index in [1.54, 1.807) is 0 Å². The second-order valence-corrected chi connectivity index (χ2v) is 11.1. The number of benzene rings is 6. The van der Waals surface area contributed by atoms with E-state index in [4.69, 9.17) is 9.40 Å². The van der Waals surface area contributed by atoms with Crippen molar-refractivity contribution in [2.45, 2.75) is 6.92 Å². The van der Waals surface area contributed by atoms with Crippen LogP contribution in [0.3, 0.4) is 0 Å². The topological polar surface area (TPSA) is 38.9 Å². The maximum absolute atomic E-state index is 6.32. The molecule has 0 amide bonds. The molecule has 0 bridgehead atoms. The number of nitrogens with zero attached hydrogens (tertiary/aromatic N) is 2. The molecule has 44 heavy (non-hydrogen) atoms. The van der Waals surface area contributed by atoms with Crippen molar-refractivity contribution < 1.29 is 4.42 Å². The summed E-state index contributed by atoms with van der Waals surface area (Å²) < 4.78 is 6.32. The number of aromatic nitrogens is 2. The Morgan fingerprint density at radius 1 is 0.500 bits per heavy atom. The standard InChI is InChI=1S/C41H28N2O/c1-27-24-34(19-21-35(27)32-10-6-11-33(25-32)38-14-4-5-23-42-38)41-43-39-22-20-31(26-40(39)44-41)28-15-17-30(18-16-28)37-13-7-9-29-8-2-3-12-36(29)37/h2-26H,1H3. The van der Waals surface area contributed by atoms with Crippen LogP contribution in [0.2, 0.25) is 0 Å². The quantitative estimate of drug-likeness (QED) is 0.209. The molecule has 0 spiro atoms. The van der Waals surface area contributed by atoms with E-state index in [0.29, 0.717) is 5.89 Å². The number of rotatable bonds is 5. The molecule has 8 aromatic rings. The van der Waals surface area contributed by atoms with Gasteiger partial charge in [0.05, 0.1) is 5.69 Å². The van der Waals surface area contributed by atoms with Crippen molar-refractivity contribution in [3.8, 4) is 56.1 Å². The lowest BCUT2D eigenvalue weighted by Gasteiger charge is -2.09. The second kappa shape index (κ2) is 10.8. The van der Waals surface area contributed by atoms with Crippen LogP contribution in [0.4, 0.5) is 0 Å². The lowest BCUT2D eigenvalue weighted by atomic mass is 9.96. The third kappa shape index (κ3) is 4.75. The van der Waals surface area contributed by atoms with E-state index < -0.39 is 0 Å². The van der Waals surface area contributed by atoms with Crippen LogP contribution in [0, 0.1) is 6.92 Å². The number of oxazole rings is 1. The lowest BCUT2D eigenvalue weighted by Crippen LogP contribution is -1.88. The molecule has 2 aromatic heterocycles. The summed E-state index contributed by atoms with van der Waals surface area (Å²) >= 11 is 0. The van der Waals surface area contributed by atoms with Gasteiger partial charge in [0.25, 0.3) is 0 Å². The zero-order valence-electron chi connectivity index (χ0n) is 24.2. The smallest absolute Gasteiger partial charge is 0.227 e. The molecule has 0 aliphatic carbocycles.